The molecule has 0 saturated carbocycles. The summed E-state index contributed by atoms with van der Waals surface area (Å²) in [5.74, 6) is 0. The predicted octanol–water partition coefficient (Wildman–Crippen LogP) is 1.09. The van der Waals surface area contributed by atoms with Gasteiger partial charge in [0.25, 0.3) is 0 Å². The summed E-state index contributed by atoms with van der Waals surface area (Å²) in [5.41, 5.74) is 1.10. The molecule has 0 atom stereocenters. The summed E-state index contributed by atoms with van der Waals surface area (Å²) in [4.78, 5) is 29.2. The van der Waals surface area contributed by atoms with Gasteiger partial charge in [-0.25, -0.2) is 4.98 Å². The van der Waals surface area contributed by atoms with Gasteiger partial charge in [-0.2, -0.15) is 0 Å². The van der Waals surface area contributed by atoms with Crippen LogP contribution in [0.5, 0.6) is 0 Å². The number of nitrogens with zero attached hydrogens (tertiary/aromatic N) is 3. The molecule has 21 heavy (non-hydrogen) atoms. The van der Waals surface area contributed by atoms with Crippen LogP contribution in [0.4, 0.5) is 0 Å². The van der Waals surface area contributed by atoms with Gasteiger partial charge in [0.05, 0.1) is 11.2 Å². The zero-order valence-electron chi connectivity index (χ0n) is 12.0. The number of fused-ring (bicyclic) bond motifs is 1. The van der Waals surface area contributed by atoms with Crippen molar-refractivity contribution in [3.05, 3.63) is 36.9 Å². The Kier molecular flexibility index (Phi) is 3.71. The molecule has 6 nitrogen and oxygen atoms in total. The van der Waals surface area contributed by atoms with Gasteiger partial charge in [0.2, 0.25) is 0 Å². The molecule has 0 spiro atoms. The molecule has 3 rings (SSSR count). The highest BCUT2D eigenvalue weighted by Crippen LogP contribution is 2.23. The molecule has 0 aromatic carbocycles. The van der Waals surface area contributed by atoms with Crippen molar-refractivity contribution in [2.45, 2.75) is 25.8 Å². The second-order valence-corrected chi connectivity index (χ2v) is 6.27. The fraction of sp³-hybridized carbons (Fsp3) is 0.500. The Morgan fingerprint density at radius 1 is 1.29 bits per heavy atom. The molecule has 1 aliphatic heterocycles. The lowest BCUT2D eigenvalue weighted by molar-refractivity contribution is 0.365. The predicted molar refractivity (Wildman–Crippen MR) is 84.8 cm³/mol. The van der Waals surface area contributed by atoms with Crippen LogP contribution in [0.15, 0.2) is 20.1 Å². The summed E-state index contributed by atoms with van der Waals surface area (Å²) < 4.78 is 3.81. The van der Waals surface area contributed by atoms with Crippen LogP contribution in [0.1, 0.15) is 24.6 Å². The molecule has 3 heterocycles. The Bertz CT molecular complexity index is 818. The maximum atomic E-state index is 12.5. The molecule has 2 aromatic heterocycles. The molecule has 112 valence electrons. The van der Waals surface area contributed by atoms with Crippen LogP contribution in [-0.2, 0) is 7.05 Å². The third kappa shape index (κ3) is 2.34. The van der Waals surface area contributed by atoms with Crippen molar-refractivity contribution >= 4 is 27.1 Å². The minimum Gasteiger partial charge on any atom is -0.317 e. The van der Waals surface area contributed by atoms with Gasteiger partial charge < -0.3 is 9.88 Å². The first-order valence-electron chi connectivity index (χ1n) is 7.00. The number of piperidine rings is 1. The van der Waals surface area contributed by atoms with Crippen LogP contribution in [0, 0.1) is 6.92 Å². The van der Waals surface area contributed by atoms with Gasteiger partial charge in [-0.1, -0.05) is 0 Å². The Morgan fingerprint density at radius 3 is 2.62 bits per heavy atom. The molecule has 0 amide bonds. The van der Waals surface area contributed by atoms with E-state index in [-0.39, 0.29) is 6.04 Å². The van der Waals surface area contributed by atoms with E-state index in [4.69, 9.17) is 0 Å². The normalized spacial score (nSPS) is 16.5. The van der Waals surface area contributed by atoms with E-state index in [2.05, 4.69) is 26.2 Å². The number of hydrogen-bond donors (Lipinski definition) is 1. The van der Waals surface area contributed by atoms with E-state index in [1.165, 1.54) is 4.57 Å². The van der Waals surface area contributed by atoms with Crippen LogP contribution in [0.3, 0.4) is 0 Å². The molecule has 7 heteroatoms. The molecule has 0 aliphatic carbocycles. The van der Waals surface area contributed by atoms with Gasteiger partial charge in [-0.15, -0.1) is 0 Å². The van der Waals surface area contributed by atoms with Crippen molar-refractivity contribution in [1.29, 1.82) is 0 Å². The van der Waals surface area contributed by atoms with Gasteiger partial charge in [-0.3, -0.25) is 14.2 Å². The summed E-state index contributed by atoms with van der Waals surface area (Å²) in [6.07, 6.45) is 1.66. The van der Waals surface area contributed by atoms with E-state index < -0.39 is 11.1 Å². The van der Waals surface area contributed by atoms with Gasteiger partial charge in [0, 0.05) is 17.6 Å². The summed E-state index contributed by atoms with van der Waals surface area (Å²) in [5, 5.41) is 3.27. The number of hydrogen-bond acceptors (Lipinski definition) is 4. The maximum absolute atomic E-state index is 12.5. The molecule has 1 saturated heterocycles. The van der Waals surface area contributed by atoms with Crippen LogP contribution >= 0.6 is 15.9 Å². The van der Waals surface area contributed by atoms with Crippen molar-refractivity contribution in [2.24, 2.45) is 7.05 Å². The van der Waals surface area contributed by atoms with E-state index in [0.717, 1.165) is 36.1 Å². The second kappa shape index (κ2) is 5.38. The molecule has 2 aromatic rings. The summed E-state index contributed by atoms with van der Waals surface area (Å²) >= 11 is 3.44. The average molecular weight is 353 g/mol. The summed E-state index contributed by atoms with van der Waals surface area (Å²) in [6, 6.07) is 1.89. The third-order valence-corrected chi connectivity index (χ3v) is 4.88. The van der Waals surface area contributed by atoms with Gasteiger partial charge >= 0.3 is 11.1 Å². The number of rotatable bonds is 1. The minimum absolute atomic E-state index is 0.0308. The fourth-order valence-electron chi connectivity index (χ4n) is 2.84. The molecule has 0 radical (unpaired) electrons. The Labute approximate surface area is 129 Å². The molecule has 0 bridgehead atoms. The van der Waals surface area contributed by atoms with Crippen LogP contribution in [0.2, 0.25) is 0 Å². The highest BCUT2D eigenvalue weighted by atomic mass is 79.9. The fourth-order valence-corrected chi connectivity index (χ4v) is 3.14. The second-order valence-electron chi connectivity index (χ2n) is 5.42. The number of halogens is 1. The lowest BCUT2D eigenvalue weighted by atomic mass is 10.1. The van der Waals surface area contributed by atoms with E-state index in [1.807, 2.05) is 13.0 Å². The molecular formula is C14H17BrN4O2. The summed E-state index contributed by atoms with van der Waals surface area (Å²) in [6.45, 7) is 3.58. The maximum Gasteiger partial charge on any atom is 0.318 e. The molecule has 1 fully saturated rings. The lowest BCUT2D eigenvalue weighted by Gasteiger charge is -2.26. The highest BCUT2D eigenvalue weighted by molar-refractivity contribution is 9.10. The van der Waals surface area contributed by atoms with Crippen molar-refractivity contribution in [1.82, 2.24) is 19.4 Å². The quantitative estimate of drug-likeness (QED) is 0.780. The van der Waals surface area contributed by atoms with E-state index in [1.54, 1.807) is 11.6 Å². The third-order valence-electron chi connectivity index (χ3n) is 4.08. The monoisotopic (exact) mass is 352 g/mol. The Morgan fingerprint density at radius 2 is 1.95 bits per heavy atom. The zero-order chi connectivity index (χ0) is 15.1. The van der Waals surface area contributed by atoms with E-state index >= 15 is 0 Å². The van der Waals surface area contributed by atoms with E-state index in [9.17, 15) is 9.59 Å². The van der Waals surface area contributed by atoms with Crippen LogP contribution in [-0.4, -0.2) is 27.2 Å². The number of aromatic nitrogens is 3. The smallest absolute Gasteiger partial charge is 0.317 e. The van der Waals surface area contributed by atoms with Crippen LogP contribution in [0.25, 0.3) is 11.2 Å². The van der Waals surface area contributed by atoms with Crippen molar-refractivity contribution in [3.63, 3.8) is 0 Å². The number of aryl methyl sites for hydroxylation is 2. The molecule has 1 N–H and O–H groups in total. The first-order chi connectivity index (χ1) is 10.0. The van der Waals surface area contributed by atoms with Gasteiger partial charge in [0.1, 0.15) is 0 Å². The Balaban J connectivity index is 2.39. The van der Waals surface area contributed by atoms with Gasteiger partial charge in [-0.05, 0) is 54.9 Å². The van der Waals surface area contributed by atoms with Crippen molar-refractivity contribution in [3.8, 4) is 0 Å². The molecule has 0 unspecified atom stereocenters. The molecule has 1 aliphatic rings. The van der Waals surface area contributed by atoms with Crippen LogP contribution < -0.4 is 16.4 Å². The largest absolute Gasteiger partial charge is 0.318 e. The lowest BCUT2D eigenvalue weighted by Crippen LogP contribution is -2.44. The highest BCUT2D eigenvalue weighted by Gasteiger charge is 2.22. The SMILES string of the molecule is Cc1nc2c(cc1Br)n(C)c(=O)c(=O)n2C1CCNCC1. The standard InChI is InChI=1S/C14H17BrN4O2/c1-8-10(15)7-11-12(17-8)19(9-3-5-16-6-4-9)14(21)13(20)18(11)2/h7,9,16H,3-6H2,1-2H3. The average Bonchev–Trinajstić information content (AvgIpc) is 2.49. The first kappa shape index (κ1) is 14.5. The summed E-state index contributed by atoms with van der Waals surface area (Å²) in [7, 11) is 1.61. The number of nitrogens with one attached hydrogen (secondary N) is 1. The van der Waals surface area contributed by atoms with Gasteiger partial charge in [0.15, 0.2) is 5.65 Å². The zero-order valence-corrected chi connectivity index (χ0v) is 13.6. The van der Waals surface area contributed by atoms with Crippen molar-refractivity contribution < 1.29 is 0 Å². The number of pyridine rings is 1. The molecular weight excluding hydrogens is 336 g/mol. The van der Waals surface area contributed by atoms with E-state index in [0.29, 0.717) is 11.2 Å². The topological polar surface area (TPSA) is 68.9 Å². The van der Waals surface area contributed by atoms with Crippen molar-refractivity contribution in [2.75, 3.05) is 13.1 Å². The Hall–Kier alpha value is -1.47. The first-order valence-corrected chi connectivity index (χ1v) is 7.79. The minimum atomic E-state index is -0.501.